The van der Waals surface area contributed by atoms with Crippen LogP contribution < -0.4 is 5.32 Å². The molecule has 1 heterocycles. The lowest BCUT2D eigenvalue weighted by Crippen LogP contribution is -2.30. The molecule has 0 aromatic rings. The number of hydrogen-bond donors (Lipinski definition) is 1. The summed E-state index contributed by atoms with van der Waals surface area (Å²) in [6.45, 7) is 1.44. The summed E-state index contributed by atoms with van der Waals surface area (Å²) in [7, 11) is 0. The molecule has 1 amide bonds. The highest BCUT2D eigenvalue weighted by molar-refractivity contribution is 6.05. The third-order valence-corrected chi connectivity index (χ3v) is 1.36. The molecule has 0 saturated heterocycles. The number of amides is 1. The number of carbonyl (C=O) groups excluding carboxylic acids is 1. The lowest BCUT2D eigenvalue weighted by atomic mass is 10.4. The van der Waals surface area contributed by atoms with Gasteiger partial charge in [0.1, 0.15) is 18.3 Å². The van der Waals surface area contributed by atoms with Crippen molar-refractivity contribution in [3.05, 3.63) is 0 Å². The van der Waals surface area contributed by atoms with Gasteiger partial charge in [-0.25, -0.2) is 0 Å². The Morgan fingerprint density at radius 2 is 2.17 bits per heavy atom. The second-order valence-electron chi connectivity index (χ2n) is 2.53. The number of amidine groups is 1. The first kappa shape index (κ1) is 9.02. The highest BCUT2D eigenvalue weighted by Gasteiger charge is 2.33. The maximum absolute atomic E-state index is 11.7. The fourth-order valence-electron chi connectivity index (χ4n) is 0.851. The van der Waals surface area contributed by atoms with Crippen molar-refractivity contribution in [2.24, 2.45) is 4.99 Å². The predicted octanol–water partition coefficient (Wildman–Crippen LogP) is 0.856. The van der Waals surface area contributed by atoms with Crippen LogP contribution in [0, 0.1) is 0 Å². The van der Waals surface area contributed by atoms with Gasteiger partial charge in [0.25, 0.3) is 0 Å². The number of carbonyl (C=O) groups is 1. The zero-order chi connectivity index (χ0) is 9.35. The Bertz CT molecular complexity index is 233. The first-order chi connectivity index (χ1) is 5.38. The van der Waals surface area contributed by atoms with E-state index in [-0.39, 0.29) is 5.84 Å². The predicted molar refractivity (Wildman–Crippen MR) is 35.7 cm³/mol. The lowest BCUT2D eigenvalue weighted by molar-refractivity contribution is -0.122. The zero-order valence-electron chi connectivity index (χ0n) is 6.27. The molecule has 6 heteroatoms. The van der Waals surface area contributed by atoms with Gasteiger partial charge < -0.3 is 5.32 Å². The molecule has 12 heavy (non-hydrogen) atoms. The second kappa shape index (κ2) is 2.76. The summed E-state index contributed by atoms with van der Waals surface area (Å²) in [5.74, 6) is -0.769. The first-order valence-corrected chi connectivity index (χ1v) is 3.33. The number of hydrogen-bond acceptors (Lipinski definition) is 2. The summed E-state index contributed by atoms with van der Waals surface area (Å²) in [6.07, 6.45) is -5.47. The minimum Gasteiger partial charge on any atom is -0.312 e. The van der Waals surface area contributed by atoms with Crippen LogP contribution in [0.25, 0.3) is 0 Å². The Labute approximate surface area is 66.7 Å². The van der Waals surface area contributed by atoms with Crippen LogP contribution in [-0.2, 0) is 4.79 Å². The summed E-state index contributed by atoms with van der Waals surface area (Å²) >= 11 is 0. The van der Waals surface area contributed by atoms with Gasteiger partial charge in [-0.1, -0.05) is 0 Å². The van der Waals surface area contributed by atoms with Crippen molar-refractivity contribution in [3.8, 4) is 0 Å². The molecular formula is C6H7F3N2O. The fraction of sp³-hybridized carbons (Fsp3) is 0.667. The number of halogens is 3. The van der Waals surface area contributed by atoms with Gasteiger partial charge in [-0.05, 0) is 6.92 Å². The lowest BCUT2D eigenvalue weighted by Gasteiger charge is -2.04. The molecular weight excluding hydrogens is 173 g/mol. The van der Waals surface area contributed by atoms with Gasteiger partial charge in [-0.3, -0.25) is 9.79 Å². The number of rotatable bonds is 1. The number of nitrogens with one attached hydrogen (secondary N) is 1. The second-order valence-corrected chi connectivity index (χ2v) is 2.53. The summed E-state index contributed by atoms with van der Waals surface area (Å²) < 4.78 is 35.2. The summed E-state index contributed by atoms with van der Waals surface area (Å²) in [6, 6.07) is -0.692. The maximum Gasteiger partial charge on any atom is 0.396 e. The van der Waals surface area contributed by atoms with Crippen LogP contribution in [0.2, 0.25) is 0 Å². The van der Waals surface area contributed by atoms with Crippen molar-refractivity contribution in [3.63, 3.8) is 0 Å². The summed E-state index contributed by atoms with van der Waals surface area (Å²) in [5.41, 5.74) is 0. The molecule has 1 aliphatic heterocycles. The van der Waals surface area contributed by atoms with Crippen LogP contribution in [0.1, 0.15) is 13.3 Å². The van der Waals surface area contributed by atoms with Crippen molar-refractivity contribution >= 4 is 11.7 Å². The molecule has 68 valence electrons. The Kier molecular flexibility index (Phi) is 2.08. The van der Waals surface area contributed by atoms with Gasteiger partial charge in [0, 0.05) is 0 Å². The molecule has 0 aromatic heterocycles. The van der Waals surface area contributed by atoms with E-state index in [0.717, 1.165) is 0 Å². The van der Waals surface area contributed by atoms with E-state index in [4.69, 9.17) is 0 Å². The number of aliphatic imine (C=N–C) groups is 1. The Morgan fingerprint density at radius 3 is 2.50 bits per heavy atom. The molecule has 0 saturated carbocycles. The summed E-state index contributed by atoms with van der Waals surface area (Å²) in [4.78, 5) is 14.2. The molecule has 0 aromatic carbocycles. The maximum atomic E-state index is 11.7. The third-order valence-electron chi connectivity index (χ3n) is 1.36. The van der Waals surface area contributed by atoms with Crippen LogP contribution >= 0.6 is 0 Å². The quantitative estimate of drug-likeness (QED) is 0.638. The Balaban J connectivity index is 2.57. The molecule has 1 unspecified atom stereocenters. The van der Waals surface area contributed by atoms with Gasteiger partial charge in [0.2, 0.25) is 5.91 Å². The largest absolute Gasteiger partial charge is 0.396 e. The van der Waals surface area contributed by atoms with Crippen LogP contribution in [0.15, 0.2) is 4.99 Å². The van der Waals surface area contributed by atoms with E-state index in [9.17, 15) is 18.0 Å². The van der Waals surface area contributed by atoms with E-state index in [1.807, 2.05) is 0 Å². The van der Waals surface area contributed by atoms with Crippen molar-refractivity contribution in [2.75, 3.05) is 0 Å². The smallest absolute Gasteiger partial charge is 0.312 e. The van der Waals surface area contributed by atoms with E-state index in [0.29, 0.717) is 0 Å². The van der Waals surface area contributed by atoms with Crippen molar-refractivity contribution < 1.29 is 18.0 Å². The SMILES string of the molecule is CC1N=C(CC(F)(F)F)NC1=O. The molecule has 1 N–H and O–H groups in total. The van der Waals surface area contributed by atoms with Gasteiger partial charge in [0.05, 0.1) is 0 Å². The van der Waals surface area contributed by atoms with E-state index >= 15 is 0 Å². The average Bonchev–Trinajstić information content (AvgIpc) is 2.07. The molecule has 1 rings (SSSR count). The molecule has 0 fully saturated rings. The standard InChI is InChI=1S/C6H7F3N2O/c1-3-5(12)11-4(10-3)2-6(7,8)9/h3H,2H2,1H3,(H,10,11,12). The first-order valence-electron chi connectivity index (χ1n) is 3.33. The monoisotopic (exact) mass is 180 g/mol. The minimum absolute atomic E-state index is 0.292. The van der Waals surface area contributed by atoms with Crippen molar-refractivity contribution in [2.45, 2.75) is 25.6 Å². The van der Waals surface area contributed by atoms with Crippen LogP contribution in [-0.4, -0.2) is 24.0 Å². The van der Waals surface area contributed by atoms with Crippen molar-refractivity contribution in [1.29, 1.82) is 0 Å². The van der Waals surface area contributed by atoms with E-state index in [2.05, 4.69) is 10.3 Å². The fourth-order valence-corrected chi connectivity index (χ4v) is 0.851. The highest BCUT2D eigenvalue weighted by atomic mass is 19.4. The summed E-state index contributed by atoms with van der Waals surface area (Å²) in [5, 5.41) is 2.05. The van der Waals surface area contributed by atoms with Crippen molar-refractivity contribution in [1.82, 2.24) is 5.32 Å². The van der Waals surface area contributed by atoms with Gasteiger partial charge in [-0.2, -0.15) is 13.2 Å². The molecule has 0 bridgehead atoms. The van der Waals surface area contributed by atoms with Gasteiger partial charge in [0.15, 0.2) is 0 Å². The Hall–Kier alpha value is -1.07. The molecule has 0 spiro atoms. The zero-order valence-corrected chi connectivity index (χ0v) is 6.27. The van der Waals surface area contributed by atoms with E-state index in [1.165, 1.54) is 6.92 Å². The Morgan fingerprint density at radius 1 is 1.58 bits per heavy atom. The third kappa shape index (κ3) is 2.21. The van der Waals surface area contributed by atoms with E-state index in [1.54, 1.807) is 0 Å². The van der Waals surface area contributed by atoms with Gasteiger partial charge in [-0.15, -0.1) is 0 Å². The molecule has 0 aliphatic carbocycles. The van der Waals surface area contributed by atoms with E-state index < -0.39 is 24.5 Å². The van der Waals surface area contributed by atoms with Crippen LogP contribution in [0.5, 0.6) is 0 Å². The van der Waals surface area contributed by atoms with Crippen LogP contribution in [0.4, 0.5) is 13.2 Å². The highest BCUT2D eigenvalue weighted by Crippen LogP contribution is 2.20. The minimum atomic E-state index is -4.31. The molecule has 3 nitrogen and oxygen atoms in total. The molecule has 0 radical (unpaired) electrons. The number of nitrogens with zero attached hydrogens (tertiary/aromatic N) is 1. The topological polar surface area (TPSA) is 41.5 Å². The normalized spacial score (nSPS) is 23.8. The number of alkyl halides is 3. The van der Waals surface area contributed by atoms with Gasteiger partial charge >= 0.3 is 6.18 Å². The average molecular weight is 180 g/mol. The molecule has 1 atom stereocenters. The van der Waals surface area contributed by atoms with Crippen LogP contribution in [0.3, 0.4) is 0 Å². The molecule has 1 aliphatic rings.